The van der Waals surface area contributed by atoms with Gasteiger partial charge in [-0.2, -0.15) is 16.7 Å². The summed E-state index contributed by atoms with van der Waals surface area (Å²) in [6, 6.07) is 14.2. The third-order valence-corrected chi connectivity index (χ3v) is 7.18. The molecule has 9 heteroatoms. The maximum atomic E-state index is 13.6. The van der Waals surface area contributed by atoms with Gasteiger partial charge >= 0.3 is 0 Å². The molecule has 3 aromatic rings. The summed E-state index contributed by atoms with van der Waals surface area (Å²) in [5.41, 5.74) is 1.55. The second kappa shape index (κ2) is 12.3. The van der Waals surface area contributed by atoms with E-state index in [2.05, 4.69) is 20.4 Å². The van der Waals surface area contributed by atoms with Crippen LogP contribution in [-0.2, 0) is 17.1 Å². The lowest BCUT2D eigenvalue weighted by molar-refractivity contribution is -0.126. The molecule has 0 aliphatic carbocycles. The summed E-state index contributed by atoms with van der Waals surface area (Å²) in [5, 5.41) is 7.74. The Hall–Kier alpha value is -2.42. The van der Waals surface area contributed by atoms with E-state index in [0.29, 0.717) is 35.6 Å². The van der Waals surface area contributed by atoms with Crippen LogP contribution in [0.15, 0.2) is 53.1 Å². The fourth-order valence-electron chi connectivity index (χ4n) is 3.94. The van der Waals surface area contributed by atoms with E-state index in [-0.39, 0.29) is 17.6 Å². The maximum Gasteiger partial charge on any atom is 0.241 e. The highest BCUT2D eigenvalue weighted by Gasteiger charge is 2.25. The Labute approximate surface area is 208 Å². The molecule has 1 fully saturated rings. The molecule has 2 aromatic carbocycles. The Bertz CT molecular complexity index is 1090. The zero-order valence-corrected chi connectivity index (χ0v) is 20.5. The van der Waals surface area contributed by atoms with Crippen LogP contribution in [0, 0.1) is 11.7 Å². The van der Waals surface area contributed by atoms with E-state index < -0.39 is 0 Å². The quantitative estimate of drug-likeness (QED) is 0.385. The Kier molecular flexibility index (Phi) is 8.96. The summed E-state index contributed by atoms with van der Waals surface area (Å²) in [6.07, 6.45) is 2.49. The molecule has 4 rings (SSSR count). The van der Waals surface area contributed by atoms with Crippen molar-refractivity contribution >= 4 is 29.3 Å². The van der Waals surface area contributed by atoms with Gasteiger partial charge in [-0.1, -0.05) is 47.1 Å². The Morgan fingerprint density at radius 3 is 2.82 bits per heavy atom. The normalized spacial score (nSPS) is 14.9. The minimum absolute atomic E-state index is 0.0343. The number of rotatable bonds is 10. The van der Waals surface area contributed by atoms with E-state index >= 15 is 0 Å². The van der Waals surface area contributed by atoms with Crippen LogP contribution in [0.5, 0.6) is 0 Å². The zero-order valence-electron chi connectivity index (χ0n) is 18.9. The molecule has 0 radical (unpaired) electrons. The van der Waals surface area contributed by atoms with E-state index in [1.165, 1.54) is 6.07 Å². The lowest BCUT2D eigenvalue weighted by atomic mass is 9.96. The molecule has 1 N–H and O–H groups in total. The van der Waals surface area contributed by atoms with Crippen molar-refractivity contribution in [3.63, 3.8) is 0 Å². The number of aromatic nitrogens is 2. The molecule has 6 nitrogen and oxygen atoms in total. The highest BCUT2D eigenvalue weighted by molar-refractivity contribution is 7.98. The number of carbonyl (C=O) groups excluding carboxylic acids is 1. The van der Waals surface area contributed by atoms with E-state index in [1.54, 1.807) is 23.9 Å². The third kappa shape index (κ3) is 7.04. The highest BCUT2D eigenvalue weighted by atomic mass is 35.5. The van der Waals surface area contributed by atoms with Gasteiger partial charge < -0.3 is 9.84 Å². The molecule has 1 aromatic heterocycles. The van der Waals surface area contributed by atoms with Crippen molar-refractivity contribution in [1.29, 1.82) is 0 Å². The van der Waals surface area contributed by atoms with Gasteiger partial charge in [0.1, 0.15) is 5.82 Å². The third-order valence-electron chi connectivity index (χ3n) is 5.85. The minimum atomic E-state index is -0.157. The largest absolute Gasteiger partial charge is 0.356 e. The molecule has 0 saturated carbocycles. The maximum absolute atomic E-state index is 13.6. The molecule has 34 heavy (non-hydrogen) atoms. The van der Waals surface area contributed by atoms with Crippen molar-refractivity contribution in [2.24, 2.45) is 5.92 Å². The van der Waals surface area contributed by atoms with Gasteiger partial charge in [0.2, 0.25) is 17.6 Å². The molecule has 0 bridgehead atoms. The van der Waals surface area contributed by atoms with Crippen LogP contribution in [0.3, 0.4) is 0 Å². The molecular weight excluding hydrogens is 475 g/mol. The molecule has 1 saturated heterocycles. The van der Waals surface area contributed by atoms with Crippen molar-refractivity contribution < 1.29 is 13.7 Å². The number of nitrogens with one attached hydrogen (secondary N) is 1. The van der Waals surface area contributed by atoms with Crippen LogP contribution in [0.1, 0.15) is 30.7 Å². The summed E-state index contributed by atoms with van der Waals surface area (Å²) in [7, 11) is 0. The molecule has 2 heterocycles. The molecule has 1 aliphatic heterocycles. The zero-order chi connectivity index (χ0) is 23.8. The Morgan fingerprint density at radius 1 is 1.21 bits per heavy atom. The number of amides is 1. The standard InChI is InChI=1S/C25H28ClFN4O2S/c26-21-7-3-6-19(15-21)24-29-23(33-30-24)16-31-12-9-18(10-13-31)25(32)28-11-4-14-34-17-20-5-1-2-8-22(20)27/h1-3,5-8,15,18H,4,9-14,16-17H2,(H,28,32). The first kappa shape index (κ1) is 24.7. The molecule has 180 valence electrons. The molecule has 1 amide bonds. The molecule has 1 aliphatic rings. The van der Waals surface area contributed by atoms with Gasteiger partial charge in [-0.25, -0.2) is 4.39 Å². The number of halogens is 2. The summed E-state index contributed by atoms with van der Waals surface area (Å²) in [6.45, 7) is 2.84. The second-order valence-corrected chi connectivity index (χ2v) is 9.90. The Balaban J connectivity index is 1.12. The molecule has 0 atom stereocenters. The van der Waals surface area contributed by atoms with Crippen LogP contribution >= 0.6 is 23.4 Å². The lowest BCUT2D eigenvalue weighted by Gasteiger charge is -2.30. The van der Waals surface area contributed by atoms with Gasteiger partial charge in [-0.15, -0.1) is 0 Å². The van der Waals surface area contributed by atoms with Crippen molar-refractivity contribution in [2.45, 2.75) is 31.6 Å². The monoisotopic (exact) mass is 502 g/mol. The van der Waals surface area contributed by atoms with Crippen molar-refractivity contribution in [1.82, 2.24) is 20.4 Å². The van der Waals surface area contributed by atoms with Crippen LogP contribution in [0.2, 0.25) is 5.02 Å². The summed E-state index contributed by atoms with van der Waals surface area (Å²) in [4.78, 5) is 19.2. The smallest absolute Gasteiger partial charge is 0.241 e. The number of nitrogens with zero attached hydrogens (tertiary/aromatic N) is 3. The minimum Gasteiger partial charge on any atom is -0.356 e. The van der Waals surface area contributed by atoms with Crippen LogP contribution in [-0.4, -0.2) is 46.3 Å². The second-order valence-electron chi connectivity index (χ2n) is 8.36. The number of benzene rings is 2. The molecular formula is C25H28ClFN4O2S. The van der Waals surface area contributed by atoms with Crippen LogP contribution < -0.4 is 5.32 Å². The molecule has 0 spiro atoms. The number of thioether (sulfide) groups is 1. The average molecular weight is 503 g/mol. The lowest BCUT2D eigenvalue weighted by Crippen LogP contribution is -2.40. The SMILES string of the molecule is O=C(NCCCSCc1ccccc1F)C1CCN(Cc2nc(-c3cccc(Cl)c3)no2)CC1. The molecule has 0 unspecified atom stereocenters. The van der Waals surface area contributed by atoms with Gasteiger partial charge in [-0.05, 0) is 61.9 Å². The van der Waals surface area contributed by atoms with Gasteiger partial charge in [0.05, 0.1) is 6.54 Å². The topological polar surface area (TPSA) is 71.3 Å². The predicted molar refractivity (Wildman–Crippen MR) is 133 cm³/mol. The number of hydrogen-bond donors (Lipinski definition) is 1. The fourth-order valence-corrected chi connectivity index (χ4v) is 5.07. The van der Waals surface area contributed by atoms with E-state index in [4.69, 9.17) is 16.1 Å². The van der Waals surface area contributed by atoms with Gasteiger partial charge in [-0.3, -0.25) is 9.69 Å². The van der Waals surface area contributed by atoms with Gasteiger partial charge in [0.15, 0.2) is 0 Å². The fraction of sp³-hybridized carbons (Fsp3) is 0.400. The van der Waals surface area contributed by atoms with Crippen LogP contribution in [0.25, 0.3) is 11.4 Å². The van der Waals surface area contributed by atoms with Crippen LogP contribution in [0.4, 0.5) is 4.39 Å². The van der Waals surface area contributed by atoms with E-state index in [1.807, 2.05) is 30.3 Å². The van der Waals surface area contributed by atoms with Gasteiger partial charge in [0.25, 0.3) is 0 Å². The number of piperidine rings is 1. The van der Waals surface area contributed by atoms with Gasteiger partial charge in [0, 0.05) is 28.8 Å². The summed E-state index contributed by atoms with van der Waals surface area (Å²) >= 11 is 7.72. The summed E-state index contributed by atoms with van der Waals surface area (Å²) in [5.74, 6) is 2.63. The predicted octanol–water partition coefficient (Wildman–Crippen LogP) is 5.18. The number of hydrogen-bond acceptors (Lipinski definition) is 6. The first-order chi connectivity index (χ1) is 16.6. The van der Waals surface area contributed by atoms with Crippen molar-refractivity contribution in [3.8, 4) is 11.4 Å². The van der Waals surface area contributed by atoms with Crippen molar-refractivity contribution in [3.05, 3.63) is 70.8 Å². The average Bonchev–Trinajstić information content (AvgIpc) is 3.31. The van der Waals surface area contributed by atoms with E-state index in [0.717, 1.165) is 49.2 Å². The van der Waals surface area contributed by atoms with Crippen molar-refractivity contribution in [2.75, 3.05) is 25.4 Å². The number of carbonyl (C=O) groups is 1. The highest BCUT2D eigenvalue weighted by Crippen LogP contribution is 2.22. The van der Waals surface area contributed by atoms with E-state index in [9.17, 15) is 9.18 Å². The first-order valence-electron chi connectivity index (χ1n) is 11.5. The summed E-state index contributed by atoms with van der Waals surface area (Å²) < 4.78 is 19.0. The number of likely N-dealkylation sites (tertiary alicyclic amines) is 1. The Morgan fingerprint density at radius 2 is 2.03 bits per heavy atom. The first-order valence-corrected chi connectivity index (χ1v) is 13.0.